The average molecular weight is 286 g/mol. The molecule has 0 aromatic carbocycles. The molecule has 1 saturated heterocycles. The highest BCUT2D eigenvalue weighted by atomic mass is 32.2. The zero-order valence-corrected chi connectivity index (χ0v) is 12.0. The fraction of sp³-hybridized carbons (Fsp3) is 0.846. The molecular weight excluding hydrogens is 264 g/mol. The van der Waals surface area contributed by atoms with Crippen LogP contribution in [0.4, 0.5) is 4.79 Å². The van der Waals surface area contributed by atoms with Crippen molar-refractivity contribution >= 4 is 23.8 Å². The molecule has 19 heavy (non-hydrogen) atoms. The van der Waals surface area contributed by atoms with Crippen LogP contribution < -0.4 is 5.32 Å². The second-order valence-corrected chi connectivity index (χ2v) is 6.63. The van der Waals surface area contributed by atoms with E-state index in [9.17, 15) is 14.7 Å². The van der Waals surface area contributed by atoms with E-state index < -0.39 is 11.4 Å². The van der Waals surface area contributed by atoms with Crippen molar-refractivity contribution < 1.29 is 14.7 Å². The van der Waals surface area contributed by atoms with Gasteiger partial charge in [-0.25, -0.2) is 4.79 Å². The molecule has 0 bridgehead atoms. The van der Waals surface area contributed by atoms with Gasteiger partial charge in [-0.3, -0.25) is 4.79 Å². The third kappa shape index (κ3) is 3.55. The predicted octanol–water partition coefficient (Wildman–Crippen LogP) is 1.78. The number of amides is 2. The van der Waals surface area contributed by atoms with Crippen LogP contribution in [-0.4, -0.2) is 53.1 Å². The summed E-state index contributed by atoms with van der Waals surface area (Å²) in [5.74, 6) is 1.18. The largest absolute Gasteiger partial charge is 0.481 e. The summed E-state index contributed by atoms with van der Waals surface area (Å²) in [6.07, 6.45) is 4.36. The van der Waals surface area contributed by atoms with Crippen molar-refractivity contribution in [3.05, 3.63) is 0 Å². The second-order valence-electron chi connectivity index (χ2n) is 5.40. The first-order chi connectivity index (χ1) is 9.14. The van der Waals surface area contributed by atoms with Gasteiger partial charge in [0.05, 0.1) is 5.41 Å². The number of nitrogens with one attached hydrogen (secondary N) is 1. The lowest BCUT2D eigenvalue weighted by Gasteiger charge is -2.34. The zero-order chi connectivity index (χ0) is 13.7. The maximum absolute atomic E-state index is 12.0. The first kappa shape index (κ1) is 14.5. The summed E-state index contributed by atoms with van der Waals surface area (Å²) in [6.45, 7) is 1.79. The Kier molecular flexibility index (Phi) is 4.96. The molecule has 2 aliphatic rings. The van der Waals surface area contributed by atoms with Crippen molar-refractivity contribution in [3.8, 4) is 0 Å². The van der Waals surface area contributed by atoms with E-state index in [1.165, 1.54) is 0 Å². The van der Waals surface area contributed by atoms with Crippen molar-refractivity contribution in [3.63, 3.8) is 0 Å². The minimum Gasteiger partial charge on any atom is -0.481 e. The number of aliphatic carboxylic acids is 1. The molecule has 0 aromatic heterocycles. The van der Waals surface area contributed by atoms with Crippen LogP contribution in [0.1, 0.15) is 32.1 Å². The molecular formula is C13H22N2O3S. The fourth-order valence-electron chi connectivity index (χ4n) is 2.82. The maximum atomic E-state index is 12.0. The Balaban J connectivity index is 1.87. The van der Waals surface area contributed by atoms with Crippen LogP contribution in [0.3, 0.4) is 0 Å². The first-order valence-electron chi connectivity index (χ1n) is 6.98. The van der Waals surface area contributed by atoms with Crippen LogP contribution in [-0.2, 0) is 4.79 Å². The normalized spacial score (nSPS) is 22.8. The minimum absolute atomic E-state index is 0.105. The number of carbonyl (C=O) groups is 2. The molecule has 1 heterocycles. The third-order valence-electron chi connectivity index (χ3n) is 4.14. The predicted molar refractivity (Wildman–Crippen MR) is 75.5 cm³/mol. The van der Waals surface area contributed by atoms with E-state index in [0.717, 1.165) is 43.9 Å². The van der Waals surface area contributed by atoms with Crippen LogP contribution in [0.25, 0.3) is 0 Å². The van der Waals surface area contributed by atoms with Gasteiger partial charge in [-0.05, 0) is 12.8 Å². The lowest BCUT2D eigenvalue weighted by molar-refractivity contribution is -0.150. The number of carboxylic acids is 1. The van der Waals surface area contributed by atoms with Gasteiger partial charge < -0.3 is 15.3 Å². The summed E-state index contributed by atoms with van der Waals surface area (Å²) in [5.41, 5.74) is -0.738. The topological polar surface area (TPSA) is 69.6 Å². The molecule has 0 radical (unpaired) electrons. The van der Waals surface area contributed by atoms with Gasteiger partial charge in [-0.15, -0.1) is 0 Å². The Hall–Kier alpha value is -0.910. The fourth-order valence-corrected chi connectivity index (χ4v) is 3.72. The Morgan fingerprint density at radius 1 is 1.16 bits per heavy atom. The molecule has 1 saturated carbocycles. The molecule has 0 aromatic rings. The molecule has 2 amide bonds. The van der Waals surface area contributed by atoms with E-state index in [0.29, 0.717) is 12.8 Å². The van der Waals surface area contributed by atoms with E-state index in [1.54, 1.807) is 4.90 Å². The van der Waals surface area contributed by atoms with Crippen molar-refractivity contribution in [2.45, 2.75) is 32.1 Å². The number of nitrogens with zero attached hydrogens (tertiary/aromatic N) is 1. The first-order valence-corrected chi connectivity index (χ1v) is 8.13. The molecule has 2 fully saturated rings. The molecule has 1 aliphatic heterocycles. The van der Waals surface area contributed by atoms with E-state index >= 15 is 0 Å². The smallest absolute Gasteiger partial charge is 0.317 e. The van der Waals surface area contributed by atoms with E-state index in [4.69, 9.17) is 0 Å². The van der Waals surface area contributed by atoms with E-state index in [2.05, 4.69) is 5.32 Å². The second kappa shape index (κ2) is 6.50. The molecule has 5 nitrogen and oxygen atoms in total. The van der Waals surface area contributed by atoms with Crippen molar-refractivity contribution in [1.29, 1.82) is 0 Å². The SMILES string of the molecule is O=C(NCC1(C(=O)O)CCCCC1)N1CCSCC1. The summed E-state index contributed by atoms with van der Waals surface area (Å²) in [5, 5.41) is 12.3. The number of rotatable bonds is 3. The molecule has 1 aliphatic carbocycles. The van der Waals surface area contributed by atoms with Crippen molar-refractivity contribution in [2.75, 3.05) is 31.1 Å². The van der Waals surface area contributed by atoms with Gasteiger partial charge in [0, 0.05) is 31.1 Å². The van der Waals surface area contributed by atoms with Crippen LogP contribution >= 0.6 is 11.8 Å². The molecule has 108 valence electrons. The zero-order valence-electron chi connectivity index (χ0n) is 11.2. The Morgan fingerprint density at radius 2 is 1.79 bits per heavy atom. The Morgan fingerprint density at radius 3 is 2.37 bits per heavy atom. The van der Waals surface area contributed by atoms with E-state index in [1.807, 2.05) is 11.8 Å². The number of hydrogen-bond acceptors (Lipinski definition) is 3. The molecule has 0 atom stereocenters. The molecule has 0 spiro atoms. The standard InChI is InChI=1S/C13H22N2O3S/c16-11(17)13(4-2-1-3-5-13)10-14-12(18)15-6-8-19-9-7-15/h1-10H2,(H,14,18)(H,16,17). The van der Waals surface area contributed by atoms with Crippen molar-refractivity contribution in [2.24, 2.45) is 5.41 Å². The average Bonchev–Trinajstić information content (AvgIpc) is 2.46. The Bertz CT molecular complexity index is 337. The monoisotopic (exact) mass is 286 g/mol. The molecule has 0 unspecified atom stereocenters. The number of carbonyl (C=O) groups excluding carboxylic acids is 1. The van der Waals surface area contributed by atoms with Gasteiger partial charge in [0.15, 0.2) is 0 Å². The van der Waals surface area contributed by atoms with Crippen LogP contribution in [0.2, 0.25) is 0 Å². The van der Waals surface area contributed by atoms with Crippen LogP contribution in [0.15, 0.2) is 0 Å². The quantitative estimate of drug-likeness (QED) is 0.829. The maximum Gasteiger partial charge on any atom is 0.317 e. The molecule has 2 rings (SSSR count). The lowest BCUT2D eigenvalue weighted by Crippen LogP contribution is -2.50. The number of carboxylic acid groups (broad SMARTS) is 1. The van der Waals surface area contributed by atoms with Crippen molar-refractivity contribution in [1.82, 2.24) is 10.2 Å². The summed E-state index contributed by atoms with van der Waals surface area (Å²) in [7, 11) is 0. The summed E-state index contributed by atoms with van der Waals surface area (Å²) < 4.78 is 0. The van der Waals surface area contributed by atoms with Crippen LogP contribution in [0, 0.1) is 5.41 Å². The summed E-state index contributed by atoms with van der Waals surface area (Å²) in [4.78, 5) is 25.3. The highest BCUT2D eigenvalue weighted by Gasteiger charge is 2.40. The van der Waals surface area contributed by atoms with Gasteiger partial charge in [0.2, 0.25) is 0 Å². The number of hydrogen-bond donors (Lipinski definition) is 2. The third-order valence-corrected chi connectivity index (χ3v) is 5.08. The van der Waals surface area contributed by atoms with Gasteiger partial charge in [-0.2, -0.15) is 11.8 Å². The Labute approximate surface area is 118 Å². The summed E-state index contributed by atoms with van der Waals surface area (Å²) >= 11 is 1.85. The van der Waals surface area contributed by atoms with Gasteiger partial charge in [0.25, 0.3) is 0 Å². The summed E-state index contributed by atoms with van der Waals surface area (Å²) in [6, 6.07) is -0.105. The molecule has 6 heteroatoms. The lowest BCUT2D eigenvalue weighted by atomic mass is 9.74. The van der Waals surface area contributed by atoms with Gasteiger partial charge in [-0.1, -0.05) is 19.3 Å². The van der Waals surface area contributed by atoms with Gasteiger partial charge >= 0.3 is 12.0 Å². The number of urea groups is 1. The van der Waals surface area contributed by atoms with E-state index in [-0.39, 0.29) is 12.6 Å². The van der Waals surface area contributed by atoms with Crippen LogP contribution in [0.5, 0.6) is 0 Å². The van der Waals surface area contributed by atoms with Gasteiger partial charge in [0.1, 0.15) is 0 Å². The minimum atomic E-state index is -0.762. The highest BCUT2D eigenvalue weighted by Crippen LogP contribution is 2.36. The molecule has 2 N–H and O–H groups in total. The highest BCUT2D eigenvalue weighted by molar-refractivity contribution is 7.99. The number of thioether (sulfide) groups is 1.